The Kier molecular flexibility index (Phi) is 4.97. The molecule has 3 aliphatic rings. The fourth-order valence-electron chi connectivity index (χ4n) is 4.47. The summed E-state index contributed by atoms with van der Waals surface area (Å²) in [7, 11) is 0. The van der Waals surface area contributed by atoms with Gasteiger partial charge in [0.25, 0.3) is 0 Å². The van der Waals surface area contributed by atoms with Gasteiger partial charge in [0.2, 0.25) is 17.7 Å². The van der Waals surface area contributed by atoms with E-state index in [9.17, 15) is 14.4 Å². The van der Waals surface area contributed by atoms with Crippen molar-refractivity contribution in [2.75, 3.05) is 19.6 Å². The molecule has 2 fully saturated rings. The molecule has 0 radical (unpaired) electrons. The Bertz CT molecular complexity index is 755. The van der Waals surface area contributed by atoms with Gasteiger partial charge >= 0.3 is 0 Å². The SMILES string of the molecule is O=C(Cc1ccccc1)NN1C[C@@H]2C=CC[C@@H](C(=O)N3CCCC3)[C@H]2C1=O. The standard InChI is InChI=1S/C21H25N3O3/c25-18(13-15-7-2-1-3-8-15)22-24-14-16-9-6-10-17(19(16)21(24)27)20(26)23-11-4-5-12-23/h1-3,6-9,16-17,19H,4-5,10-14H2,(H,22,25)/t16-,17+,19-/m0/s1. The summed E-state index contributed by atoms with van der Waals surface area (Å²) in [6, 6.07) is 9.45. The molecule has 2 aliphatic heterocycles. The minimum atomic E-state index is -0.361. The van der Waals surface area contributed by atoms with Crippen molar-refractivity contribution in [3.63, 3.8) is 0 Å². The lowest BCUT2D eigenvalue weighted by molar-refractivity contribution is -0.145. The number of hydrogen-bond donors (Lipinski definition) is 1. The monoisotopic (exact) mass is 367 g/mol. The fraction of sp³-hybridized carbons (Fsp3) is 0.476. The van der Waals surface area contributed by atoms with E-state index in [0.29, 0.717) is 13.0 Å². The molecule has 6 nitrogen and oxygen atoms in total. The van der Waals surface area contributed by atoms with Crippen molar-refractivity contribution < 1.29 is 14.4 Å². The predicted molar refractivity (Wildman–Crippen MR) is 100 cm³/mol. The minimum Gasteiger partial charge on any atom is -0.342 e. The van der Waals surface area contributed by atoms with Crippen LogP contribution in [-0.2, 0) is 20.8 Å². The van der Waals surface area contributed by atoms with Gasteiger partial charge in [-0.15, -0.1) is 0 Å². The lowest BCUT2D eigenvalue weighted by Gasteiger charge is -2.30. The normalized spacial score (nSPS) is 27.0. The Morgan fingerprint density at radius 1 is 1.11 bits per heavy atom. The van der Waals surface area contributed by atoms with Crippen molar-refractivity contribution >= 4 is 17.7 Å². The summed E-state index contributed by atoms with van der Waals surface area (Å²) in [5, 5.41) is 1.42. The van der Waals surface area contributed by atoms with Crippen LogP contribution in [0.5, 0.6) is 0 Å². The molecule has 3 atom stereocenters. The summed E-state index contributed by atoms with van der Waals surface area (Å²) >= 11 is 0. The van der Waals surface area contributed by atoms with E-state index in [2.05, 4.69) is 5.43 Å². The van der Waals surface area contributed by atoms with Gasteiger partial charge in [-0.25, -0.2) is 0 Å². The molecule has 0 unspecified atom stereocenters. The molecule has 6 heteroatoms. The number of likely N-dealkylation sites (tertiary alicyclic amines) is 1. The van der Waals surface area contributed by atoms with Gasteiger partial charge < -0.3 is 4.90 Å². The number of rotatable bonds is 4. The Balaban J connectivity index is 1.42. The number of carbonyl (C=O) groups excluding carboxylic acids is 3. The first-order chi connectivity index (χ1) is 13.1. The van der Waals surface area contributed by atoms with Crippen LogP contribution in [0.4, 0.5) is 0 Å². The highest BCUT2D eigenvalue weighted by Gasteiger charge is 2.49. The lowest BCUT2D eigenvalue weighted by Crippen LogP contribution is -2.46. The molecule has 1 N–H and O–H groups in total. The molecular formula is C21H25N3O3. The molecule has 27 heavy (non-hydrogen) atoms. The van der Waals surface area contributed by atoms with E-state index >= 15 is 0 Å². The quantitative estimate of drug-likeness (QED) is 0.821. The zero-order valence-corrected chi connectivity index (χ0v) is 15.3. The van der Waals surface area contributed by atoms with Gasteiger partial charge in [0, 0.05) is 25.6 Å². The lowest BCUT2D eigenvalue weighted by atomic mass is 9.77. The van der Waals surface area contributed by atoms with E-state index in [-0.39, 0.29) is 41.9 Å². The molecule has 4 rings (SSSR count). The highest BCUT2D eigenvalue weighted by atomic mass is 16.2. The van der Waals surface area contributed by atoms with E-state index in [1.807, 2.05) is 47.4 Å². The highest BCUT2D eigenvalue weighted by molar-refractivity contribution is 5.91. The van der Waals surface area contributed by atoms with Crippen molar-refractivity contribution in [1.82, 2.24) is 15.3 Å². The van der Waals surface area contributed by atoms with Gasteiger partial charge in [0.15, 0.2) is 0 Å². The molecule has 1 aliphatic carbocycles. The van der Waals surface area contributed by atoms with Crippen LogP contribution in [0, 0.1) is 17.8 Å². The van der Waals surface area contributed by atoms with E-state index in [1.54, 1.807) is 0 Å². The molecule has 0 aromatic heterocycles. The molecule has 142 valence electrons. The molecular weight excluding hydrogens is 342 g/mol. The maximum absolute atomic E-state index is 13.0. The second-order valence-electron chi connectivity index (χ2n) is 7.64. The third-order valence-electron chi connectivity index (χ3n) is 5.81. The molecule has 1 aromatic rings. The van der Waals surface area contributed by atoms with Crippen LogP contribution in [0.3, 0.4) is 0 Å². The van der Waals surface area contributed by atoms with Crippen molar-refractivity contribution in [2.45, 2.75) is 25.7 Å². The van der Waals surface area contributed by atoms with Crippen LogP contribution >= 0.6 is 0 Å². The summed E-state index contributed by atoms with van der Waals surface area (Å²) in [6.45, 7) is 2.02. The Labute approximate surface area is 159 Å². The summed E-state index contributed by atoms with van der Waals surface area (Å²) in [5.74, 6) is -0.929. The van der Waals surface area contributed by atoms with Gasteiger partial charge in [0.1, 0.15) is 0 Å². The van der Waals surface area contributed by atoms with Gasteiger partial charge in [-0.05, 0) is 24.8 Å². The second-order valence-corrected chi connectivity index (χ2v) is 7.64. The zero-order chi connectivity index (χ0) is 18.8. The first kappa shape index (κ1) is 17.8. The zero-order valence-electron chi connectivity index (χ0n) is 15.3. The third kappa shape index (κ3) is 3.61. The van der Waals surface area contributed by atoms with Crippen molar-refractivity contribution in [3.8, 4) is 0 Å². The summed E-state index contributed by atoms with van der Waals surface area (Å²) in [5.41, 5.74) is 3.65. The number of benzene rings is 1. The average Bonchev–Trinajstić information content (AvgIpc) is 3.31. The van der Waals surface area contributed by atoms with Gasteiger partial charge in [-0.1, -0.05) is 42.5 Å². The highest BCUT2D eigenvalue weighted by Crippen LogP contribution is 2.38. The number of nitrogens with zero attached hydrogens (tertiary/aromatic N) is 2. The predicted octanol–water partition coefficient (Wildman–Crippen LogP) is 1.53. The van der Waals surface area contributed by atoms with Gasteiger partial charge in [0.05, 0.1) is 18.3 Å². The number of amides is 3. The Hall–Kier alpha value is -2.63. The topological polar surface area (TPSA) is 69.7 Å². The van der Waals surface area contributed by atoms with E-state index in [4.69, 9.17) is 0 Å². The van der Waals surface area contributed by atoms with E-state index in [0.717, 1.165) is 31.5 Å². The number of allylic oxidation sites excluding steroid dienone is 1. The smallest absolute Gasteiger partial charge is 0.245 e. The summed E-state index contributed by atoms with van der Waals surface area (Å²) < 4.78 is 0. The van der Waals surface area contributed by atoms with Crippen LogP contribution in [0.15, 0.2) is 42.5 Å². The largest absolute Gasteiger partial charge is 0.342 e. The van der Waals surface area contributed by atoms with Gasteiger partial charge in [-0.2, -0.15) is 0 Å². The molecule has 0 bridgehead atoms. The van der Waals surface area contributed by atoms with Crippen LogP contribution in [0.1, 0.15) is 24.8 Å². The summed E-state index contributed by atoms with van der Waals surface area (Å²) in [6.07, 6.45) is 6.96. The number of carbonyl (C=O) groups is 3. The maximum atomic E-state index is 13.0. The summed E-state index contributed by atoms with van der Waals surface area (Å²) in [4.78, 5) is 40.1. The van der Waals surface area contributed by atoms with E-state index < -0.39 is 0 Å². The fourth-order valence-corrected chi connectivity index (χ4v) is 4.47. The van der Waals surface area contributed by atoms with Crippen LogP contribution in [0.2, 0.25) is 0 Å². The van der Waals surface area contributed by atoms with E-state index in [1.165, 1.54) is 5.01 Å². The molecule has 1 aromatic carbocycles. The van der Waals surface area contributed by atoms with Crippen LogP contribution < -0.4 is 5.43 Å². The van der Waals surface area contributed by atoms with Crippen LogP contribution in [0.25, 0.3) is 0 Å². The van der Waals surface area contributed by atoms with Gasteiger partial charge in [-0.3, -0.25) is 24.8 Å². The molecule has 3 amide bonds. The van der Waals surface area contributed by atoms with Crippen molar-refractivity contribution in [1.29, 1.82) is 0 Å². The number of hydrazine groups is 1. The average molecular weight is 367 g/mol. The number of nitrogens with one attached hydrogen (secondary N) is 1. The van der Waals surface area contributed by atoms with Crippen molar-refractivity contribution in [2.24, 2.45) is 17.8 Å². The number of hydrogen-bond acceptors (Lipinski definition) is 3. The first-order valence-corrected chi connectivity index (χ1v) is 9.74. The Morgan fingerprint density at radius 2 is 1.85 bits per heavy atom. The van der Waals surface area contributed by atoms with Crippen molar-refractivity contribution in [3.05, 3.63) is 48.0 Å². The molecule has 0 spiro atoms. The Morgan fingerprint density at radius 3 is 2.59 bits per heavy atom. The minimum absolute atomic E-state index is 0.0140. The molecule has 0 saturated carbocycles. The van der Waals surface area contributed by atoms with Crippen LogP contribution in [-0.4, -0.2) is 47.3 Å². The third-order valence-corrected chi connectivity index (χ3v) is 5.81. The first-order valence-electron chi connectivity index (χ1n) is 9.74. The molecule has 2 heterocycles. The molecule has 2 saturated heterocycles. The maximum Gasteiger partial charge on any atom is 0.245 e. The number of fused-ring (bicyclic) bond motifs is 1. The second kappa shape index (κ2) is 7.55.